The molecule has 0 saturated heterocycles. The van der Waals surface area contributed by atoms with Crippen LogP contribution in [0.2, 0.25) is 0 Å². The van der Waals surface area contributed by atoms with Crippen molar-refractivity contribution < 1.29 is 19.0 Å². The number of rotatable bonds is 9. The highest BCUT2D eigenvalue weighted by Gasteiger charge is 2.44. The fraction of sp³-hybridized carbons (Fsp3) is 0.310. The summed E-state index contributed by atoms with van der Waals surface area (Å²) in [6, 6.07) is 14.4. The maximum Gasteiger partial charge on any atom is 0.217 e. The van der Waals surface area contributed by atoms with Crippen LogP contribution in [0.1, 0.15) is 34.6 Å². The maximum absolute atomic E-state index is 16.0. The van der Waals surface area contributed by atoms with E-state index in [4.69, 9.17) is 14.5 Å². The minimum absolute atomic E-state index is 0.0966. The second kappa shape index (κ2) is 11.1. The molecule has 0 aliphatic heterocycles. The number of halogens is 2. The van der Waals surface area contributed by atoms with E-state index in [0.29, 0.717) is 30.0 Å². The maximum atomic E-state index is 16.0. The molecule has 0 bridgehead atoms. The van der Waals surface area contributed by atoms with Crippen LogP contribution in [0.4, 0.5) is 4.39 Å². The molecule has 2 heterocycles. The number of fused-ring (bicyclic) bond motifs is 1. The lowest BCUT2D eigenvalue weighted by Crippen LogP contribution is -2.39. The lowest BCUT2D eigenvalue weighted by molar-refractivity contribution is 0.00217. The van der Waals surface area contributed by atoms with Crippen LogP contribution in [0.25, 0.3) is 10.9 Å². The number of ether oxygens (including phenoxy) is 2. The zero-order valence-electron chi connectivity index (χ0n) is 21.6. The Morgan fingerprint density at radius 1 is 1.08 bits per heavy atom. The van der Waals surface area contributed by atoms with Gasteiger partial charge in [0.15, 0.2) is 11.6 Å². The van der Waals surface area contributed by atoms with Gasteiger partial charge in [0, 0.05) is 39.9 Å². The minimum Gasteiger partial charge on any atom is -0.494 e. The molecule has 2 atom stereocenters. The minimum atomic E-state index is -1.54. The number of hydrogen-bond donors (Lipinski definition) is 1. The first-order chi connectivity index (χ1) is 17.7. The zero-order valence-corrected chi connectivity index (χ0v) is 23.2. The zero-order chi connectivity index (χ0) is 26.7. The molecule has 37 heavy (non-hydrogen) atoms. The van der Waals surface area contributed by atoms with Gasteiger partial charge in [-0.15, -0.1) is 0 Å². The first kappa shape index (κ1) is 27.0. The fourth-order valence-corrected chi connectivity index (χ4v) is 5.27. The number of benzene rings is 2. The SMILES string of the molecule is COc1cccc([C@H](c2cc3cc(Br)ccc3nc2OC)[C@@](O)(CCN(C)C)c2ccncc2C)c1F. The van der Waals surface area contributed by atoms with Gasteiger partial charge in [-0.2, -0.15) is 0 Å². The molecule has 0 fully saturated rings. The average molecular weight is 568 g/mol. The molecule has 4 rings (SSSR count). The van der Waals surface area contributed by atoms with Gasteiger partial charge in [0.05, 0.1) is 25.7 Å². The van der Waals surface area contributed by atoms with Gasteiger partial charge in [0.25, 0.3) is 0 Å². The normalized spacial score (nSPS) is 14.0. The molecule has 1 N–H and O–H groups in total. The van der Waals surface area contributed by atoms with Crippen molar-refractivity contribution in [2.45, 2.75) is 24.9 Å². The third-order valence-corrected chi connectivity index (χ3v) is 7.20. The fourth-order valence-electron chi connectivity index (χ4n) is 4.89. The highest BCUT2D eigenvalue weighted by molar-refractivity contribution is 9.10. The molecule has 4 aromatic rings. The van der Waals surface area contributed by atoms with Crippen molar-refractivity contribution in [2.75, 3.05) is 34.9 Å². The van der Waals surface area contributed by atoms with Crippen LogP contribution < -0.4 is 9.47 Å². The largest absolute Gasteiger partial charge is 0.494 e. The molecule has 8 heteroatoms. The monoisotopic (exact) mass is 567 g/mol. The summed E-state index contributed by atoms with van der Waals surface area (Å²) in [5.74, 6) is -1.01. The molecule has 0 unspecified atom stereocenters. The van der Waals surface area contributed by atoms with Crippen LogP contribution in [0.3, 0.4) is 0 Å². The van der Waals surface area contributed by atoms with Crippen LogP contribution in [0.15, 0.2) is 65.4 Å². The summed E-state index contributed by atoms with van der Waals surface area (Å²) in [7, 11) is 6.84. The summed E-state index contributed by atoms with van der Waals surface area (Å²) < 4.78 is 28.0. The van der Waals surface area contributed by atoms with Gasteiger partial charge >= 0.3 is 0 Å². The van der Waals surface area contributed by atoms with Gasteiger partial charge in [-0.05, 0) is 75.0 Å². The number of pyridine rings is 2. The molecule has 0 radical (unpaired) electrons. The van der Waals surface area contributed by atoms with Crippen LogP contribution in [-0.2, 0) is 5.60 Å². The topological polar surface area (TPSA) is 67.7 Å². The van der Waals surface area contributed by atoms with Gasteiger partial charge in [-0.3, -0.25) is 4.98 Å². The number of aromatic nitrogens is 2. The molecule has 0 saturated carbocycles. The lowest BCUT2D eigenvalue weighted by atomic mass is 9.70. The molecular weight excluding hydrogens is 537 g/mol. The molecule has 0 spiro atoms. The van der Waals surface area contributed by atoms with Crippen molar-refractivity contribution in [3.05, 3.63) is 93.5 Å². The number of methoxy groups -OCH3 is 2. The highest BCUT2D eigenvalue weighted by Crippen LogP contribution is 2.49. The summed E-state index contributed by atoms with van der Waals surface area (Å²) in [5.41, 5.74) is 1.49. The smallest absolute Gasteiger partial charge is 0.217 e. The first-order valence-electron chi connectivity index (χ1n) is 11.9. The van der Waals surface area contributed by atoms with Crippen molar-refractivity contribution in [2.24, 2.45) is 0 Å². The van der Waals surface area contributed by atoms with E-state index in [-0.39, 0.29) is 11.3 Å². The number of aryl methyl sites for hydroxylation is 1. The predicted octanol–water partition coefficient (Wildman–Crippen LogP) is 5.83. The third-order valence-electron chi connectivity index (χ3n) is 6.70. The van der Waals surface area contributed by atoms with Gasteiger partial charge in [-0.1, -0.05) is 28.1 Å². The Kier molecular flexibility index (Phi) is 8.11. The standard InChI is InChI=1S/C29H31BrFN3O3/c1-18-17-32-13-11-23(18)29(35,12-14-34(2)3)26(21-7-6-8-25(36-4)27(21)31)22-16-19-15-20(30)9-10-24(19)33-28(22)37-5/h6-11,13,15-17,26,35H,12,14H2,1-5H3/t26-,29-/m1/s1. The van der Waals surface area contributed by atoms with E-state index in [1.54, 1.807) is 36.7 Å². The van der Waals surface area contributed by atoms with E-state index in [9.17, 15) is 5.11 Å². The van der Waals surface area contributed by atoms with Crippen LogP contribution in [0, 0.1) is 12.7 Å². The summed E-state index contributed by atoms with van der Waals surface area (Å²) in [5, 5.41) is 13.6. The number of nitrogens with zero attached hydrogens (tertiary/aromatic N) is 3. The number of aliphatic hydroxyl groups is 1. The Balaban J connectivity index is 2.10. The molecular formula is C29H31BrFN3O3. The first-order valence-corrected chi connectivity index (χ1v) is 12.7. The Morgan fingerprint density at radius 3 is 2.54 bits per heavy atom. The second-order valence-electron chi connectivity index (χ2n) is 9.39. The Labute approximate surface area is 225 Å². The molecule has 0 amide bonds. The van der Waals surface area contributed by atoms with E-state index in [0.717, 1.165) is 20.9 Å². The van der Waals surface area contributed by atoms with Crippen LogP contribution in [0.5, 0.6) is 11.6 Å². The van der Waals surface area contributed by atoms with Crippen molar-refractivity contribution in [1.82, 2.24) is 14.9 Å². The van der Waals surface area contributed by atoms with Crippen molar-refractivity contribution >= 4 is 26.8 Å². The van der Waals surface area contributed by atoms with E-state index in [1.165, 1.54) is 14.2 Å². The Morgan fingerprint density at radius 2 is 1.86 bits per heavy atom. The van der Waals surface area contributed by atoms with E-state index < -0.39 is 17.3 Å². The second-order valence-corrected chi connectivity index (χ2v) is 10.3. The van der Waals surface area contributed by atoms with E-state index >= 15 is 4.39 Å². The molecule has 0 aliphatic rings. The van der Waals surface area contributed by atoms with Crippen molar-refractivity contribution in [1.29, 1.82) is 0 Å². The van der Waals surface area contributed by atoms with Crippen molar-refractivity contribution in [3.63, 3.8) is 0 Å². The Bertz CT molecular complexity index is 1410. The molecule has 2 aromatic heterocycles. The predicted molar refractivity (Wildman–Crippen MR) is 147 cm³/mol. The average Bonchev–Trinajstić information content (AvgIpc) is 2.88. The van der Waals surface area contributed by atoms with Gasteiger partial charge in [0.2, 0.25) is 5.88 Å². The van der Waals surface area contributed by atoms with Gasteiger partial charge < -0.3 is 19.5 Å². The quantitative estimate of drug-likeness (QED) is 0.274. The molecule has 0 aliphatic carbocycles. The summed E-state index contributed by atoms with van der Waals surface area (Å²) >= 11 is 3.53. The lowest BCUT2D eigenvalue weighted by Gasteiger charge is -2.39. The molecule has 194 valence electrons. The third kappa shape index (κ3) is 5.32. The van der Waals surface area contributed by atoms with Crippen molar-refractivity contribution in [3.8, 4) is 11.6 Å². The molecule has 6 nitrogen and oxygen atoms in total. The van der Waals surface area contributed by atoms with E-state index in [1.807, 2.05) is 50.2 Å². The Hall–Kier alpha value is -3.07. The highest BCUT2D eigenvalue weighted by atomic mass is 79.9. The summed E-state index contributed by atoms with van der Waals surface area (Å²) in [6.07, 6.45) is 3.67. The van der Waals surface area contributed by atoms with E-state index in [2.05, 4.69) is 20.9 Å². The van der Waals surface area contributed by atoms with Crippen LogP contribution >= 0.6 is 15.9 Å². The molecule has 2 aromatic carbocycles. The number of hydrogen-bond acceptors (Lipinski definition) is 6. The van der Waals surface area contributed by atoms with Gasteiger partial charge in [0.1, 0.15) is 5.60 Å². The van der Waals surface area contributed by atoms with Gasteiger partial charge in [-0.25, -0.2) is 9.37 Å². The summed E-state index contributed by atoms with van der Waals surface area (Å²) in [6.45, 7) is 2.45. The summed E-state index contributed by atoms with van der Waals surface area (Å²) in [4.78, 5) is 11.0. The van der Waals surface area contributed by atoms with Crippen LogP contribution in [-0.4, -0.2) is 54.8 Å².